The van der Waals surface area contributed by atoms with Crippen molar-refractivity contribution in [1.29, 1.82) is 0 Å². The Labute approximate surface area is 107 Å². The normalized spacial score (nSPS) is 9.53. The highest BCUT2D eigenvalue weighted by atomic mass is 79.9. The van der Waals surface area contributed by atoms with Crippen molar-refractivity contribution in [3.63, 3.8) is 0 Å². The van der Waals surface area contributed by atoms with Crippen LogP contribution in [0.25, 0.3) is 0 Å². The number of carbonyl (C=O) groups excluding carboxylic acids is 1. The predicted octanol–water partition coefficient (Wildman–Crippen LogP) is 0.637. The Hall–Kier alpha value is -1.76. The molecule has 1 aromatic carbocycles. The number of carbonyl (C=O) groups is 1. The van der Waals surface area contributed by atoms with Gasteiger partial charge in [0.15, 0.2) is 5.96 Å². The third-order valence-corrected chi connectivity index (χ3v) is 2.37. The van der Waals surface area contributed by atoms with Gasteiger partial charge in [-0.3, -0.25) is 0 Å². The summed E-state index contributed by atoms with van der Waals surface area (Å²) in [5, 5.41) is 0. The second-order valence-electron chi connectivity index (χ2n) is 3.01. The van der Waals surface area contributed by atoms with E-state index in [2.05, 4.69) is 20.9 Å². The van der Waals surface area contributed by atoms with Crippen LogP contribution in [-0.2, 0) is 4.79 Å². The number of halogens is 1. The van der Waals surface area contributed by atoms with Gasteiger partial charge in [-0.15, -0.1) is 0 Å². The second kappa shape index (κ2) is 6.09. The molecule has 0 unspecified atom stereocenters. The molecular formula is C10H12BrN3O3. The largest absolute Gasteiger partial charge is 0.496 e. The van der Waals surface area contributed by atoms with Gasteiger partial charge in [0.25, 0.3) is 0 Å². The molecule has 0 saturated carbocycles. The van der Waals surface area contributed by atoms with Crippen LogP contribution >= 0.6 is 15.9 Å². The molecule has 0 aliphatic carbocycles. The number of rotatable bonds is 4. The molecule has 0 bridgehead atoms. The molecule has 0 aromatic heterocycles. The van der Waals surface area contributed by atoms with Gasteiger partial charge in [-0.2, -0.15) is 0 Å². The van der Waals surface area contributed by atoms with Crippen molar-refractivity contribution in [2.45, 2.75) is 0 Å². The molecule has 1 rings (SSSR count). The van der Waals surface area contributed by atoms with Crippen LogP contribution in [0.2, 0.25) is 0 Å². The smallest absolute Gasteiger partial charge is 0.333 e. The number of guanidine groups is 1. The highest BCUT2D eigenvalue weighted by molar-refractivity contribution is 9.10. The molecule has 0 radical (unpaired) electrons. The van der Waals surface area contributed by atoms with Gasteiger partial charge in [-0.1, -0.05) is 0 Å². The molecule has 17 heavy (non-hydrogen) atoms. The number of ether oxygens (including phenoxy) is 2. The third-order valence-electron chi connectivity index (χ3n) is 1.75. The van der Waals surface area contributed by atoms with Crippen LogP contribution in [0.4, 0.5) is 0 Å². The van der Waals surface area contributed by atoms with E-state index in [0.717, 1.165) is 0 Å². The zero-order valence-corrected chi connectivity index (χ0v) is 10.7. The summed E-state index contributed by atoms with van der Waals surface area (Å²) in [7, 11) is 1.55. The summed E-state index contributed by atoms with van der Waals surface area (Å²) in [6, 6.07) is 4.90. The van der Waals surface area contributed by atoms with Gasteiger partial charge in [-0.25, -0.2) is 9.79 Å². The molecular weight excluding hydrogens is 290 g/mol. The van der Waals surface area contributed by atoms with E-state index in [1.165, 1.54) is 0 Å². The Kier molecular flexibility index (Phi) is 4.77. The minimum Gasteiger partial charge on any atom is -0.496 e. The maximum atomic E-state index is 11.3. The molecule has 0 fully saturated rings. The molecule has 6 nitrogen and oxygen atoms in total. The molecule has 0 spiro atoms. The molecule has 7 heteroatoms. The van der Waals surface area contributed by atoms with Crippen molar-refractivity contribution in [2.24, 2.45) is 16.5 Å². The SMILES string of the molecule is COc1ccc(OC(=O)CN=C(N)N)cc1Br. The van der Waals surface area contributed by atoms with Gasteiger partial charge in [0, 0.05) is 0 Å². The molecule has 0 heterocycles. The molecule has 0 saturated heterocycles. The average molecular weight is 302 g/mol. The van der Waals surface area contributed by atoms with Crippen molar-refractivity contribution in [3.8, 4) is 11.5 Å². The van der Waals surface area contributed by atoms with Gasteiger partial charge < -0.3 is 20.9 Å². The zero-order valence-electron chi connectivity index (χ0n) is 9.14. The molecule has 0 atom stereocenters. The number of nitrogens with zero attached hydrogens (tertiary/aromatic N) is 1. The van der Waals surface area contributed by atoms with E-state index in [1.54, 1.807) is 25.3 Å². The van der Waals surface area contributed by atoms with Crippen molar-refractivity contribution in [3.05, 3.63) is 22.7 Å². The van der Waals surface area contributed by atoms with E-state index >= 15 is 0 Å². The maximum absolute atomic E-state index is 11.3. The summed E-state index contributed by atoms with van der Waals surface area (Å²) in [5.74, 6) is 0.329. The van der Waals surface area contributed by atoms with E-state index in [0.29, 0.717) is 16.0 Å². The Morgan fingerprint density at radius 2 is 2.18 bits per heavy atom. The van der Waals surface area contributed by atoms with Crippen molar-refractivity contribution < 1.29 is 14.3 Å². The lowest BCUT2D eigenvalue weighted by Crippen LogP contribution is -2.25. The number of hydrogen-bond donors (Lipinski definition) is 2. The monoisotopic (exact) mass is 301 g/mol. The Balaban J connectivity index is 2.66. The van der Waals surface area contributed by atoms with Crippen LogP contribution < -0.4 is 20.9 Å². The lowest BCUT2D eigenvalue weighted by molar-refractivity contribution is -0.132. The first-order chi connectivity index (χ1) is 8.02. The van der Waals surface area contributed by atoms with E-state index in [9.17, 15) is 4.79 Å². The van der Waals surface area contributed by atoms with Crippen molar-refractivity contribution >= 4 is 27.9 Å². The number of aliphatic imine (C=N–C) groups is 1. The summed E-state index contributed by atoms with van der Waals surface area (Å²) in [6.07, 6.45) is 0. The van der Waals surface area contributed by atoms with Gasteiger partial charge in [0.1, 0.15) is 18.0 Å². The molecule has 1 aromatic rings. The lowest BCUT2D eigenvalue weighted by Gasteiger charge is -2.06. The van der Waals surface area contributed by atoms with E-state index in [1.807, 2.05) is 0 Å². The summed E-state index contributed by atoms with van der Waals surface area (Å²) in [6.45, 7) is -0.216. The fourth-order valence-electron chi connectivity index (χ4n) is 1.03. The minimum absolute atomic E-state index is 0.155. The standard InChI is InChI=1S/C10H12BrN3O3/c1-16-8-3-2-6(4-7(8)11)17-9(15)5-14-10(12)13/h2-4H,5H2,1H3,(H4,12,13,14). The minimum atomic E-state index is -0.546. The van der Waals surface area contributed by atoms with Crippen molar-refractivity contribution in [1.82, 2.24) is 0 Å². The highest BCUT2D eigenvalue weighted by Gasteiger charge is 2.06. The van der Waals surface area contributed by atoms with Crippen LogP contribution in [0, 0.1) is 0 Å². The van der Waals surface area contributed by atoms with Crippen LogP contribution in [0.3, 0.4) is 0 Å². The van der Waals surface area contributed by atoms with Crippen LogP contribution in [0.15, 0.2) is 27.7 Å². The highest BCUT2D eigenvalue weighted by Crippen LogP contribution is 2.28. The molecule has 0 aliphatic rings. The van der Waals surface area contributed by atoms with E-state index in [4.69, 9.17) is 20.9 Å². The average Bonchev–Trinajstić information content (AvgIpc) is 2.26. The van der Waals surface area contributed by atoms with E-state index in [-0.39, 0.29) is 12.5 Å². The number of esters is 1. The zero-order chi connectivity index (χ0) is 12.8. The molecule has 4 N–H and O–H groups in total. The number of methoxy groups -OCH3 is 1. The first-order valence-corrected chi connectivity index (χ1v) is 5.42. The number of hydrogen-bond acceptors (Lipinski definition) is 4. The first kappa shape index (κ1) is 13.3. The van der Waals surface area contributed by atoms with Gasteiger partial charge >= 0.3 is 5.97 Å². The second-order valence-corrected chi connectivity index (χ2v) is 3.87. The number of benzene rings is 1. The predicted molar refractivity (Wildman–Crippen MR) is 67.0 cm³/mol. The Bertz CT molecular complexity index is 444. The topological polar surface area (TPSA) is 99.9 Å². The van der Waals surface area contributed by atoms with Crippen LogP contribution in [-0.4, -0.2) is 25.6 Å². The van der Waals surface area contributed by atoms with Crippen molar-refractivity contribution in [2.75, 3.05) is 13.7 Å². The fraction of sp³-hybridized carbons (Fsp3) is 0.200. The summed E-state index contributed by atoms with van der Waals surface area (Å²) in [4.78, 5) is 14.8. The molecule has 92 valence electrons. The third kappa shape index (κ3) is 4.31. The van der Waals surface area contributed by atoms with Gasteiger partial charge in [0.2, 0.25) is 0 Å². The van der Waals surface area contributed by atoms with Crippen LogP contribution in [0.1, 0.15) is 0 Å². The van der Waals surface area contributed by atoms with E-state index < -0.39 is 5.97 Å². The molecule has 0 aliphatic heterocycles. The first-order valence-electron chi connectivity index (χ1n) is 4.62. The summed E-state index contributed by atoms with van der Waals surface area (Å²) < 4.78 is 10.7. The van der Waals surface area contributed by atoms with Crippen LogP contribution in [0.5, 0.6) is 11.5 Å². The van der Waals surface area contributed by atoms with Gasteiger partial charge in [0.05, 0.1) is 11.6 Å². The quantitative estimate of drug-likeness (QED) is 0.368. The van der Waals surface area contributed by atoms with Gasteiger partial charge in [-0.05, 0) is 34.1 Å². The summed E-state index contributed by atoms with van der Waals surface area (Å²) in [5.41, 5.74) is 10.2. The Morgan fingerprint density at radius 1 is 1.47 bits per heavy atom. The fourth-order valence-corrected chi connectivity index (χ4v) is 1.55. The maximum Gasteiger partial charge on any atom is 0.333 e. The lowest BCUT2D eigenvalue weighted by atomic mass is 10.3. The molecule has 0 amide bonds. The summed E-state index contributed by atoms with van der Waals surface area (Å²) >= 11 is 3.28. The Morgan fingerprint density at radius 3 is 2.71 bits per heavy atom. The number of nitrogens with two attached hydrogens (primary N) is 2.